The van der Waals surface area contributed by atoms with Gasteiger partial charge in [-0.1, -0.05) is 49.6 Å². The first kappa shape index (κ1) is 19.2. The fraction of sp³-hybridized carbons (Fsp3) is 0.565. The van der Waals surface area contributed by atoms with Crippen molar-refractivity contribution >= 4 is 11.8 Å². The minimum Gasteiger partial charge on any atom is -0.367 e. The molecule has 2 fully saturated rings. The molecule has 0 radical (unpaired) electrons. The predicted octanol–water partition coefficient (Wildman–Crippen LogP) is 4.61. The molecular formula is C23H33N5. The number of rotatable bonds is 6. The van der Waals surface area contributed by atoms with Crippen molar-refractivity contribution in [2.45, 2.75) is 70.5 Å². The van der Waals surface area contributed by atoms with Gasteiger partial charge in [-0.15, -0.1) is 0 Å². The summed E-state index contributed by atoms with van der Waals surface area (Å²) < 4.78 is 0. The molecule has 0 bridgehead atoms. The average Bonchev–Trinajstić information content (AvgIpc) is 2.71. The van der Waals surface area contributed by atoms with E-state index in [4.69, 9.17) is 4.98 Å². The molecule has 5 nitrogen and oxygen atoms in total. The van der Waals surface area contributed by atoms with E-state index in [1.54, 1.807) is 0 Å². The molecule has 2 aromatic rings. The van der Waals surface area contributed by atoms with Gasteiger partial charge in [0.25, 0.3) is 0 Å². The Morgan fingerprint density at radius 1 is 0.893 bits per heavy atom. The summed E-state index contributed by atoms with van der Waals surface area (Å²) in [7, 11) is 0. The van der Waals surface area contributed by atoms with Crippen molar-refractivity contribution in [2.24, 2.45) is 0 Å². The molecule has 1 saturated carbocycles. The van der Waals surface area contributed by atoms with E-state index in [1.807, 2.05) is 0 Å². The topological polar surface area (TPSA) is 53.1 Å². The van der Waals surface area contributed by atoms with Crippen LogP contribution in [0.4, 0.5) is 11.8 Å². The van der Waals surface area contributed by atoms with Crippen LogP contribution in [0.3, 0.4) is 0 Å². The lowest BCUT2D eigenvalue weighted by Gasteiger charge is -2.32. The molecule has 150 valence electrons. The summed E-state index contributed by atoms with van der Waals surface area (Å²) in [5.41, 5.74) is 2.42. The Morgan fingerprint density at radius 2 is 1.61 bits per heavy atom. The lowest BCUT2D eigenvalue weighted by molar-refractivity contribution is 0.211. The van der Waals surface area contributed by atoms with Gasteiger partial charge in [-0.05, 0) is 38.2 Å². The lowest BCUT2D eigenvalue weighted by atomic mass is 9.95. The summed E-state index contributed by atoms with van der Waals surface area (Å²) in [5.74, 6) is 1.75. The van der Waals surface area contributed by atoms with E-state index in [0.29, 0.717) is 12.1 Å². The zero-order valence-corrected chi connectivity index (χ0v) is 17.0. The SMILES string of the molecule is Cc1cc(NC2CCCCC2)nc(NC2CCN(Cc3ccccc3)CC2)n1. The second-order valence-corrected chi connectivity index (χ2v) is 8.38. The number of aromatic nitrogens is 2. The Labute approximate surface area is 169 Å². The number of anilines is 2. The van der Waals surface area contributed by atoms with Gasteiger partial charge in [-0.2, -0.15) is 4.98 Å². The molecule has 1 aromatic carbocycles. The number of nitrogens with zero attached hydrogens (tertiary/aromatic N) is 3. The van der Waals surface area contributed by atoms with Gasteiger partial charge >= 0.3 is 0 Å². The van der Waals surface area contributed by atoms with Crippen LogP contribution in [0.5, 0.6) is 0 Å². The van der Waals surface area contributed by atoms with Gasteiger partial charge in [0.1, 0.15) is 5.82 Å². The van der Waals surface area contributed by atoms with Crippen LogP contribution in [0.2, 0.25) is 0 Å². The van der Waals surface area contributed by atoms with Crippen LogP contribution in [0.25, 0.3) is 0 Å². The molecule has 4 rings (SSSR count). The van der Waals surface area contributed by atoms with Crippen LogP contribution in [0.15, 0.2) is 36.4 Å². The molecule has 0 unspecified atom stereocenters. The van der Waals surface area contributed by atoms with E-state index >= 15 is 0 Å². The third-order valence-electron chi connectivity index (χ3n) is 5.98. The monoisotopic (exact) mass is 379 g/mol. The summed E-state index contributed by atoms with van der Waals surface area (Å²) in [6.07, 6.45) is 8.81. The van der Waals surface area contributed by atoms with E-state index < -0.39 is 0 Å². The number of nitrogens with one attached hydrogen (secondary N) is 2. The predicted molar refractivity (Wildman–Crippen MR) is 116 cm³/mol. The van der Waals surface area contributed by atoms with Crippen molar-refractivity contribution in [2.75, 3.05) is 23.7 Å². The maximum absolute atomic E-state index is 4.76. The van der Waals surface area contributed by atoms with E-state index in [-0.39, 0.29) is 0 Å². The van der Waals surface area contributed by atoms with Crippen LogP contribution in [-0.4, -0.2) is 40.0 Å². The molecule has 2 N–H and O–H groups in total. The summed E-state index contributed by atoms with van der Waals surface area (Å²) in [4.78, 5) is 11.9. The van der Waals surface area contributed by atoms with Gasteiger partial charge in [0.15, 0.2) is 0 Å². The first-order valence-corrected chi connectivity index (χ1v) is 10.9. The van der Waals surface area contributed by atoms with Crippen molar-refractivity contribution in [3.05, 3.63) is 47.7 Å². The van der Waals surface area contributed by atoms with Crippen molar-refractivity contribution in [1.82, 2.24) is 14.9 Å². The average molecular weight is 380 g/mol. The molecule has 1 saturated heterocycles. The quantitative estimate of drug-likeness (QED) is 0.768. The molecule has 0 amide bonds. The Kier molecular flexibility index (Phi) is 6.42. The minimum atomic E-state index is 0.455. The van der Waals surface area contributed by atoms with Gasteiger partial charge < -0.3 is 10.6 Å². The van der Waals surface area contributed by atoms with Crippen molar-refractivity contribution in [3.8, 4) is 0 Å². The second kappa shape index (κ2) is 9.37. The number of piperidine rings is 1. The Morgan fingerprint density at radius 3 is 2.36 bits per heavy atom. The number of benzene rings is 1. The van der Waals surface area contributed by atoms with Crippen LogP contribution in [-0.2, 0) is 6.54 Å². The molecule has 1 aliphatic carbocycles. The van der Waals surface area contributed by atoms with Gasteiger partial charge in [0.05, 0.1) is 0 Å². The van der Waals surface area contributed by atoms with Crippen molar-refractivity contribution < 1.29 is 0 Å². The van der Waals surface area contributed by atoms with Crippen LogP contribution < -0.4 is 10.6 Å². The number of likely N-dealkylation sites (tertiary alicyclic amines) is 1. The number of hydrogen-bond acceptors (Lipinski definition) is 5. The third kappa shape index (κ3) is 5.44. The highest BCUT2D eigenvalue weighted by atomic mass is 15.2. The van der Waals surface area contributed by atoms with Gasteiger partial charge in [-0.25, -0.2) is 4.98 Å². The normalized spacial score (nSPS) is 19.5. The zero-order valence-electron chi connectivity index (χ0n) is 17.0. The van der Waals surface area contributed by atoms with Crippen molar-refractivity contribution in [3.63, 3.8) is 0 Å². The maximum atomic E-state index is 4.76. The standard InChI is InChI=1S/C23H33N5/c1-18-16-22(25-20-10-6-3-7-11-20)27-23(24-18)26-21-12-14-28(15-13-21)17-19-8-4-2-5-9-19/h2,4-5,8-9,16,20-21H,3,6-7,10-15,17H2,1H3,(H2,24,25,26,27). The number of hydrogen-bond donors (Lipinski definition) is 2. The highest BCUT2D eigenvalue weighted by molar-refractivity contribution is 5.43. The molecule has 5 heteroatoms. The van der Waals surface area contributed by atoms with Gasteiger partial charge in [0.2, 0.25) is 5.95 Å². The molecule has 2 aliphatic rings. The summed E-state index contributed by atoms with van der Waals surface area (Å²) in [6.45, 7) is 5.34. The third-order valence-corrected chi connectivity index (χ3v) is 5.98. The Balaban J connectivity index is 1.29. The summed E-state index contributed by atoms with van der Waals surface area (Å²) >= 11 is 0. The van der Waals surface area contributed by atoms with Crippen LogP contribution in [0, 0.1) is 6.92 Å². The Hall–Kier alpha value is -2.14. The van der Waals surface area contributed by atoms with E-state index in [0.717, 1.165) is 49.9 Å². The van der Waals surface area contributed by atoms with E-state index in [1.165, 1.54) is 37.7 Å². The second-order valence-electron chi connectivity index (χ2n) is 8.38. The Bertz CT molecular complexity index is 734. The van der Waals surface area contributed by atoms with Gasteiger partial charge in [0, 0.05) is 43.5 Å². The fourth-order valence-electron chi connectivity index (χ4n) is 4.42. The van der Waals surface area contributed by atoms with Gasteiger partial charge in [-0.3, -0.25) is 4.90 Å². The first-order chi connectivity index (χ1) is 13.7. The van der Waals surface area contributed by atoms with E-state index in [2.05, 4.69) is 63.8 Å². The highest BCUT2D eigenvalue weighted by Gasteiger charge is 2.20. The first-order valence-electron chi connectivity index (χ1n) is 10.9. The maximum Gasteiger partial charge on any atom is 0.225 e. The highest BCUT2D eigenvalue weighted by Crippen LogP contribution is 2.22. The molecule has 0 atom stereocenters. The zero-order chi connectivity index (χ0) is 19.2. The molecule has 28 heavy (non-hydrogen) atoms. The lowest BCUT2D eigenvalue weighted by Crippen LogP contribution is -2.39. The van der Waals surface area contributed by atoms with E-state index in [9.17, 15) is 0 Å². The van der Waals surface area contributed by atoms with Crippen LogP contribution >= 0.6 is 0 Å². The minimum absolute atomic E-state index is 0.455. The molecule has 1 aromatic heterocycles. The van der Waals surface area contributed by atoms with Crippen LogP contribution in [0.1, 0.15) is 56.2 Å². The molecule has 0 spiro atoms. The number of aryl methyl sites for hydroxylation is 1. The largest absolute Gasteiger partial charge is 0.367 e. The molecule has 1 aliphatic heterocycles. The smallest absolute Gasteiger partial charge is 0.225 e. The van der Waals surface area contributed by atoms with Crippen molar-refractivity contribution in [1.29, 1.82) is 0 Å². The summed E-state index contributed by atoms with van der Waals surface area (Å²) in [5, 5.41) is 7.23. The fourth-order valence-corrected chi connectivity index (χ4v) is 4.42. The molecule has 2 heterocycles. The molecular weight excluding hydrogens is 346 g/mol. The summed E-state index contributed by atoms with van der Waals surface area (Å²) in [6, 6.07) is 13.8.